The highest BCUT2D eigenvalue weighted by molar-refractivity contribution is 7.90. The maximum absolute atomic E-state index is 11.1. The van der Waals surface area contributed by atoms with Crippen molar-refractivity contribution in [1.29, 1.82) is 0 Å². The molecular formula is C10H13N3O3S2. The molecular weight excluding hydrogens is 274 g/mol. The van der Waals surface area contributed by atoms with Crippen LogP contribution >= 0.6 is 11.3 Å². The molecule has 0 aliphatic heterocycles. The molecule has 0 radical (unpaired) electrons. The Kier molecular flexibility index (Phi) is 3.40. The molecule has 0 bridgehead atoms. The Morgan fingerprint density at radius 2 is 2.28 bits per heavy atom. The third kappa shape index (κ3) is 2.54. The average Bonchev–Trinajstić information content (AvgIpc) is 2.83. The zero-order valence-electron chi connectivity index (χ0n) is 10.0. The van der Waals surface area contributed by atoms with Crippen LogP contribution in [0.5, 0.6) is 0 Å². The number of rotatable bonds is 5. The van der Waals surface area contributed by atoms with E-state index in [-0.39, 0.29) is 5.75 Å². The van der Waals surface area contributed by atoms with Crippen molar-refractivity contribution in [3.63, 3.8) is 0 Å². The lowest BCUT2D eigenvalue weighted by molar-refractivity contribution is 0.111. The van der Waals surface area contributed by atoms with E-state index in [1.165, 1.54) is 17.6 Å². The first-order chi connectivity index (χ1) is 8.42. The van der Waals surface area contributed by atoms with Gasteiger partial charge in [0.2, 0.25) is 0 Å². The number of anilines is 1. The Balaban J connectivity index is 2.29. The lowest BCUT2D eigenvalue weighted by atomic mass is 10.4. The summed E-state index contributed by atoms with van der Waals surface area (Å²) >= 11 is 1.43. The van der Waals surface area contributed by atoms with E-state index in [1.807, 2.05) is 5.38 Å². The molecule has 2 rings (SSSR count). The van der Waals surface area contributed by atoms with Crippen molar-refractivity contribution >= 4 is 38.2 Å². The normalized spacial score (nSPS) is 11.9. The van der Waals surface area contributed by atoms with E-state index in [9.17, 15) is 13.2 Å². The average molecular weight is 287 g/mol. The van der Waals surface area contributed by atoms with Gasteiger partial charge >= 0.3 is 0 Å². The first-order valence-corrected chi connectivity index (χ1v) is 8.16. The molecule has 0 unspecified atom stereocenters. The van der Waals surface area contributed by atoms with Gasteiger partial charge in [0, 0.05) is 31.4 Å². The Labute approximate surface area is 109 Å². The number of aldehydes is 1. The molecule has 2 aromatic rings. The summed E-state index contributed by atoms with van der Waals surface area (Å²) in [6, 6.07) is 0. The van der Waals surface area contributed by atoms with Crippen LogP contribution < -0.4 is 4.90 Å². The number of carbonyl (C=O) groups excluding carboxylic acids is 1. The van der Waals surface area contributed by atoms with E-state index in [4.69, 9.17) is 0 Å². The monoisotopic (exact) mass is 287 g/mol. The molecule has 0 saturated carbocycles. The number of sulfone groups is 1. The lowest BCUT2D eigenvalue weighted by Crippen LogP contribution is -2.26. The number of carbonyl (C=O) groups is 1. The summed E-state index contributed by atoms with van der Waals surface area (Å²) in [5.74, 6) is 0.549. The summed E-state index contributed by atoms with van der Waals surface area (Å²) in [5.41, 5.74) is 0.447. The highest BCUT2D eigenvalue weighted by Gasteiger charge is 2.16. The van der Waals surface area contributed by atoms with Crippen molar-refractivity contribution in [3.05, 3.63) is 17.3 Å². The summed E-state index contributed by atoms with van der Waals surface area (Å²) in [4.78, 5) is 17.8. The molecule has 98 valence electrons. The Morgan fingerprint density at radius 3 is 2.89 bits per heavy atom. The van der Waals surface area contributed by atoms with Crippen LogP contribution in [0.15, 0.2) is 11.6 Å². The highest BCUT2D eigenvalue weighted by Crippen LogP contribution is 2.22. The van der Waals surface area contributed by atoms with Crippen molar-refractivity contribution in [2.24, 2.45) is 0 Å². The van der Waals surface area contributed by atoms with Crippen LogP contribution in [0.4, 0.5) is 5.82 Å². The molecule has 0 spiro atoms. The summed E-state index contributed by atoms with van der Waals surface area (Å²) in [5, 5.41) is 1.84. The first-order valence-electron chi connectivity index (χ1n) is 5.22. The second kappa shape index (κ2) is 4.69. The molecule has 0 saturated heterocycles. The Morgan fingerprint density at radius 1 is 1.56 bits per heavy atom. The summed E-state index contributed by atoms with van der Waals surface area (Å²) in [7, 11) is -1.30. The van der Waals surface area contributed by atoms with Gasteiger partial charge < -0.3 is 4.90 Å². The van der Waals surface area contributed by atoms with Gasteiger partial charge in [-0.25, -0.2) is 13.4 Å². The topological polar surface area (TPSA) is 71.8 Å². The van der Waals surface area contributed by atoms with Gasteiger partial charge in [0.15, 0.2) is 17.1 Å². The number of imidazole rings is 1. The van der Waals surface area contributed by atoms with Crippen LogP contribution in [0.1, 0.15) is 10.5 Å². The number of nitrogens with zero attached hydrogens (tertiary/aromatic N) is 3. The molecule has 2 heterocycles. The van der Waals surface area contributed by atoms with Crippen molar-refractivity contribution in [2.45, 2.75) is 0 Å². The molecule has 0 aliphatic carbocycles. The molecule has 0 aliphatic rings. The minimum absolute atomic E-state index is 0.0347. The number of thiazole rings is 1. The fourth-order valence-corrected chi connectivity index (χ4v) is 2.91. The molecule has 0 aromatic carbocycles. The molecule has 8 heteroatoms. The van der Waals surface area contributed by atoms with Crippen LogP contribution in [0.3, 0.4) is 0 Å². The standard InChI is InChI=1S/C10H13N3O3S2/c1-12(4-6-18(2,15)16)9-8(7-14)13-3-5-17-10(13)11-9/h3,5,7H,4,6H2,1-2H3. The minimum atomic E-state index is -3.03. The van der Waals surface area contributed by atoms with Crippen LogP contribution in [0.2, 0.25) is 0 Å². The van der Waals surface area contributed by atoms with E-state index >= 15 is 0 Å². The Bertz CT molecular complexity index is 672. The molecule has 6 nitrogen and oxygen atoms in total. The van der Waals surface area contributed by atoms with Crippen LogP contribution in [-0.4, -0.2) is 49.7 Å². The fraction of sp³-hybridized carbons (Fsp3) is 0.400. The maximum Gasteiger partial charge on any atom is 0.196 e. The van der Waals surface area contributed by atoms with Gasteiger partial charge in [-0.2, -0.15) is 0 Å². The van der Waals surface area contributed by atoms with Gasteiger partial charge in [-0.3, -0.25) is 9.20 Å². The second-order valence-electron chi connectivity index (χ2n) is 4.05. The summed E-state index contributed by atoms with van der Waals surface area (Å²) < 4.78 is 23.9. The van der Waals surface area contributed by atoms with E-state index < -0.39 is 9.84 Å². The zero-order valence-corrected chi connectivity index (χ0v) is 11.7. The van der Waals surface area contributed by atoms with E-state index in [1.54, 1.807) is 22.5 Å². The van der Waals surface area contributed by atoms with Crippen LogP contribution in [-0.2, 0) is 9.84 Å². The predicted octanol–water partition coefficient (Wildman–Crippen LogP) is 0.689. The van der Waals surface area contributed by atoms with Gasteiger partial charge in [0.05, 0.1) is 5.75 Å². The smallest absolute Gasteiger partial charge is 0.196 e. The number of fused-ring (bicyclic) bond motifs is 1. The lowest BCUT2D eigenvalue weighted by Gasteiger charge is -2.16. The van der Waals surface area contributed by atoms with Crippen molar-refractivity contribution < 1.29 is 13.2 Å². The van der Waals surface area contributed by atoms with Crippen LogP contribution in [0, 0.1) is 0 Å². The number of aromatic nitrogens is 2. The van der Waals surface area contributed by atoms with Crippen molar-refractivity contribution in [3.8, 4) is 0 Å². The van der Waals surface area contributed by atoms with E-state index in [0.717, 1.165) is 11.2 Å². The van der Waals surface area contributed by atoms with Gasteiger partial charge in [0.1, 0.15) is 15.5 Å². The molecule has 0 amide bonds. The van der Waals surface area contributed by atoms with Gasteiger partial charge in [-0.1, -0.05) is 0 Å². The fourth-order valence-electron chi connectivity index (χ4n) is 1.59. The Hall–Kier alpha value is -1.41. The predicted molar refractivity (Wildman–Crippen MR) is 71.4 cm³/mol. The van der Waals surface area contributed by atoms with Crippen molar-refractivity contribution in [2.75, 3.05) is 30.5 Å². The minimum Gasteiger partial charge on any atom is -0.357 e. The second-order valence-corrected chi connectivity index (χ2v) is 7.18. The summed E-state index contributed by atoms with van der Waals surface area (Å²) in [6.07, 6.45) is 3.69. The largest absolute Gasteiger partial charge is 0.357 e. The zero-order chi connectivity index (χ0) is 13.3. The summed E-state index contributed by atoms with van der Waals surface area (Å²) in [6.45, 7) is 0.310. The molecule has 2 aromatic heterocycles. The highest BCUT2D eigenvalue weighted by atomic mass is 32.2. The van der Waals surface area contributed by atoms with Crippen molar-refractivity contribution in [1.82, 2.24) is 9.38 Å². The first kappa shape index (κ1) is 13.0. The van der Waals surface area contributed by atoms with Gasteiger partial charge in [-0.15, -0.1) is 11.3 Å². The van der Waals surface area contributed by atoms with Gasteiger partial charge in [0.25, 0.3) is 0 Å². The SMILES string of the molecule is CN(CCS(C)(=O)=O)c1nc2sccn2c1C=O. The van der Waals surface area contributed by atoms with E-state index in [0.29, 0.717) is 18.1 Å². The van der Waals surface area contributed by atoms with E-state index in [2.05, 4.69) is 4.98 Å². The van der Waals surface area contributed by atoms with Crippen LogP contribution in [0.25, 0.3) is 4.96 Å². The third-order valence-electron chi connectivity index (χ3n) is 2.55. The maximum atomic E-state index is 11.1. The third-order valence-corrected chi connectivity index (χ3v) is 4.23. The molecule has 0 fully saturated rings. The van der Waals surface area contributed by atoms with Gasteiger partial charge in [-0.05, 0) is 0 Å². The molecule has 0 atom stereocenters. The quantitative estimate of drug-likeness (QED) is 0.757. The molecule has 0 N–H and O–H groups in total. The molecule has 18 heavy (non-hydrogen) atoms. The number of hydrogen-bond acceptors (Lipinski definition) is 6. The number of hydrogen-bond donors (Lipinski definition) is 0.